The van der Waals surface area contributed by atoms with Gasteiger partial charge in [0.2, 0.25) is 17.7 Å². The first-order valence-electron chi connectivity index (χ1n) is 19.0. The lowest BCUT2D eigenvalue weighted by atomic mass is 10.0. The van der Waals surface area contributed by atoms with Gasteiger partial charge < -0.3 is 33.2 Å². The molecule has 298 valence electrons. The van der Waals surface area contributed by atoms with Crippen molar-refractivity contribution in [3.8, 4) is 22.8 Å². The number of nitrogens with one attached hydrogen (secondary N) is 1. The van der Waals surface area contributed by atoms with Crippen LogP contribution in [0.15, 0.2) is 73.2 Å². The highest BCUT2D eigenvalue weighted by molar-refractivity contribution is 6.09. The average Bonchev–Trinajstić information content (AvgIpc) is 3.50. The second-order valence-corrected chi connectivity index (χ2v) is 14.0. The van der Waals surface area contributed by atoms with E-state index in [9.17, 15) is 19.2 Å². The zero-order valence-corrected chi connectivity index (χ0v) is 32.1. The van der Waals surface area contributed by atoms with Crippen LogP contribution in [0.5, 0.6) is 11.6 Å². The molecule has 0 bridgehead atoms. The number of nitrogens with zero attached hydrogens (tertiary/aromatic N) is 5. The van der Waals surface area contributed by atoms with Crippen LogP contribution in [0, 0.1) is 0 Å². The summed E-state index contributed by atoms with van der Waals surface area (Å²) in [4.78, 5) is 60.9. The molecule has 2 aliphatic heterocycles. The number of aldehydes is 1. The Morgan fingerprint density at radius 1 is 0.877 bits per heavy atom. The Hall–Kier alpha value is -5.74. The number of fused-ring (bicyclic) bond motifs is 3. The predicted molar refractivity (Wildman–Crippen MR) is 210 cm³/mol. The molecule has 2 fully saturated rings. The van der Waals surface area contributed by atoms with Crippen molar-refractivity contribution in [2.45, 2.75) is 25.0 Å². The third kappa shape index (κ3) is 9.46. The summed E-state index contributed by atoms with van der Waals surface area (Å²) in [7, 11) is 3.55. The molecule has 1 N–H and O–H groups in total. The van der Waals surface area contributed by atoms with E-state index in [1.165, 1.54) is 29.5 Å². The van der Waals surface area contributed by atoms with Crippen LogP contribution in [-0.2, 0) is 30.8 Å². The van der Waals surface area contributed by atoms with Crippen LogP contribution in [0.1, 0.15) is 33.6 Å². The van der Waals surface area contributed by atoms with Crippen LogP contribution in [-0.4, -0.2) is 133 Å². The number of rotatable bonds is 19. The van der Waals surface area contributed by atoms with Gasteiger partial charge in [0.05, 0.1) is 50.7 Å². The van der Waals surface area contributed by atoms with Gasteiger partial charge in [-0.05, 0) is 48.4 Å². The molecule has 1 unspecified atom stereocenters. The fourth-order valence-electron chi connectivity index (χ4n) is 7.05. The van der Waals surface area contributed by atoms with E-state index in [1.54, 1.807) is 6.07 Å². The molecular formula is C42H46N6O9. The van der Waals surface area contributed by atoms with Gasteiger partial charge in [0.15, 0.2) is 6.29 Å². The van der Waals surface area contributed by atoms with Gasteiger partial charge in [-0.15, -0.1) is 0 Å². The Kier molecular flexibility index (Phi) is 12.8. The van der Waals surface area contributed by atoms with Gasteiger partial charge in [-0.1, -0.05) is 12.1 Å². The molecule has 1 atom stereocenters. The van der Waals surface area contributed by atoms with Gasteiger partial charge in [0, 0.05) is 92.2 Å². The van der Waals surface area contributed by atoms with Crippen molar-refractivity contribution in [3.63, 3.8) is 0 Å². The van der Waals surface area contributed by atoms with E-state index in [0.717, 1.165) is 47.2 Å². The van der Waals surface area contributed by atoms with Crippen LogP contribution in [0.25, 0.3) is 32.9 Å². The summed E-state index contributed by atoms with van der Waals surface area (Å²) < 4.78 is 30.9. The van der Waals surface area contributed by atoms with E-state index in [1.807, 2.05) is 30.7 Å². The van der Waals surface area contributed by atoms with Crippen molar-refractivity contribution in [1.82, 2.24) is 29.7 Å². The van der Waals surface area contributed by atoms with Crippen molar-refractivity contribution in [3.05, 3.63) is 84.3 Å². The number of piperidine rings is 1. The zero-order chi connectivity index (χ0) is 39.7. The standard InChI is InChI=1S/C42H46N6O9/c1-46-36-11-12-43-24-35(36)33-7-4-28(21-38(33)46)29-5-10-40(44-23-29)57-32-25-48(26-32)13-14-53-15-16-54-17-18-55-19-20-56-31-6-3-30(27-49)34(22-31)42(52)47(2)37-8-9-39(50)45-41(37)51/h3-7,10-12,21-24,27,32,37H,8-9,13-20,25-26H2,1-2H3,(H,45,50,51). The molecule has 3 amide bonds. The maximum Gasteiger partial charge on any atom is 0.255 e. The van der Waals surface area contributed by atoms with Crippen LogP contribution >= 0.6 is 0 Å². The number of carbonyl (C=O) groups is 4. The van der Waals surface area contributed by atoms with Gasteiger partial charge in [-0.2, -0.15) is 0 Å². The molecule has 0 radical (unpaired) electrons. The maximum atomic E-state index is 13.2. The lowest BCUT2D eigenvalue weighted by Gasteiger charge is -2.38. The molecule has 2 aliphatic rings. The number of likely N-dealkylation sites (tertiary alicyclic amines) is 1. The summed E-state index contributed by atoms with van der Waals surface area (Å²) in [5, 5.41) is 4.57. The van der Waals surface area contributed by atoms with Crippen LogP contribution < -0.4 is 14.8 Å². The molecule has 5 heterocycles. The first-order valence-corrected chi connectivity index (χ1v) is 19.0. The summed E-state index contributed by atoms with van der Waals surface area (Å²) in [6, 6.07) is 16.2. The number of hydrogen-bond donors (Lipinski definition) is 1. The van der Waals surface area contributed by atoms with Crippen molar-refractivity contribution in [1.29, 1.82) is 0 Å². The predicted octanol–water partition coefficient (Wildman–Crippen LogP) is 3.67. The Bertz CT molecular complexity index is 2220. The van der Waals surface area contributed by atoms with E-state index in [2.05, 4.69) is 56.1 Å². The van der Waals surface area contributed by atoms with Crippen molar-refractivity contribution in [2.24, 2.45) is 7.05 Å². The highest BCUT2D eigenvalue weighted by Gasteiger charge is 2.33. The van der Waals surface area contributed by atoms with Gasteiger partial charge >= 0.3 is 0 Å². The van der Waals surface area contributed by atoms with Gasteiger partial charge in [-0.3, -0.25) is 34.4 Å². The fourth-order valence-corrected chi connectivity index (χ4v) is 7.05. The number of carbonyl (C=O) groups excluding carboxylic acids is 4. The summed E-state index contributed by atoms with van der Waals surface area (Å²) in [5.74, 6) is -0.430. The highest BCUT2D eigenvalue weighted by atomic mass is 16.6. The zero-order valence-electron chi connectivity index (χ0n) is 32.1. The number of pyridine rings is 2. The Balaban J connectivity index is 0.716. The minimum atomic E-state index is -0.806. The van der Waals surface area contributed by atoms with Crippen LogP contribution in [0.4, 0.5) is 0 Å². The molecule has 0 spiro atoms. The van der Waals surface area contributed by atoms with E-state index in [-0.39, 0.29) is 49.2 Å². The highest BCUT2D eigenvalue weighted by Crippen LogP contribution is 2.31. The second kappa shape index (κ2) is 18.5. The Labute approximate surface area is 329 Å². The third-order valence-electron chi connectivity index (χ3n) is 10.3. The lowest BCUT2D eigenvalue weighted by Crippen LogP contribution is -2.54. The number of imide groups is 1. The number of aryl methyl sites for hydroxylation is 1. The Morgan fingerprint density at radius 2 is 1.63 bits per heavy atom. The van der Waals surface area contributed by atoms with E-state index in [4.69, 9.17) is 23.7 Å². The molecule has 57 heavy (non-hydrogen) atoms. The minimum absolute atomic E-state index is 0.0985. The van der Waals surface area contributed by atoms with Crippen LogP contribution in [0.2, 0.25) is 0 Å². The van der Waals surface area contributed by atoms with Crippen molar-refractivity contribution >= 4 is 45.8 Å². The number of benzene rings is 2. The van der Waals surface area contributed by atoms with Gasteiger partial charge in [0.1, 0.15) is 24.5 Å². The summed E-state index contributed by atoms with van der Waals surface area (Å²) in [6.45, 7) is 5.27. The number of amides is 3. The van der Waals surface area contributed by atoms with Crippen molar-refractivity contribution in [2.75, 3.05) is 72.9 Å². The van der Waals surface area contributed by atoms with Crippen LogP contribution in [0.3, 0.4) is 0 Å². The lowest BCUT2D eigenvalue weighted by molar-refractivity contribution is -0.136. The topological polar surface area (TPSA) is 164 Å². The first-order chi connectivity index (χ1) is 27.8. The third-order valence-corrected chi connectivity index (χ3v) is 10.3. The first kappa shape index (κ1) is 39.5. The SMILES string of the molecule is CN(C(=O)c1cc(OCCOCCOCCOCCN2CC(Oc3ccc(-c4ccc5c6cnccc6n(C)c5c4)cn3)C2)ccc1C=O)C1CCC(=O)NC1=O. The van der Waals surface area contributed by atoms with E-state index < -0.39 is 17.9 Å². The number of hydrogen-bond acceptors (Lipinski definition) is 12. The Morgan fingerprint density at radius 3 is 2.37 bits per heavy atom. The molecule has 3 aromatic heterocycles. The average molecular weight is 779 g/mol. The number of aromatic nitrogens is 3. The molecule has 15 heteroatoms. The molecule has 0 aliphatic carbocycles. The minimum Gasteiger partial charge on any atom is -0.491 e. The largest absolute Gasteiger partial charge is 0.491 e. The molecule has 0 saturated carbocycles. The molecule has 2 saturated heterocycles. The van der Waals surface area contributed by atoms with Gasteiger partial charge in [0.25, 0.3) is 5.91 Å². The monoisotopic (exact) mass is 778 g/mol. The van der Waals surface area contributed by atoms with E-state index >= 15 is 0 Å². The van der Waals surface area contributed by atoms with E-state index in [0.29, 0.717) is 51.0 Å². The molecule has 5 aromatic rings. The maximum absolute atomic E-state index is 13.2. The fraction of sp³-hybridized carbons (Fsp3) is 0.381. The number of ether oxygens (including phenoxy) is 5. The normalized spacial score (nSPS) is 16.1. The van der Waals surface area contributed by atoms with Crippen molar-refractivity contribution < 1.29 is 42.9 Å². The molecule has 2 aromatic carbocycles. The molecule has 15 nitrogen and oxygen atoms in total. The summed E-state index contributed by atoms with van der Waals surface area (Å²) >= 11 is 0. The smallest absolute Gasteiger partial charge is 0.255 e. The summed E-state index contributed by atoms with van der Waals surface area (Å²) in [6.07, 6.45) is 6.62. The van der Waals surface area contributed by atoms with Gasteiger partial charge in [-0.25, -0.2) is 4.98 Å². The quantitative estimate of drug-likeness (QED) is 0.0737. The summed E-state index contributed by atoms with van der Waals surface area (Å²) in [5.41, 5.74) is 4.73. The second-order valence-electron chi connectivity index (χ2n) is 14.0. The molecule has 7 rings (SSSR count). The molecular weight excluding hydrogens is 732 g/mol. The number of likely N-dealkylation sites (N-methyl/N-ethyl adjacent to an activating group) is 1.